The second-order valence-electron chi connectivity index (χ2n) is 8.83. The van der Waals surface area contributed by atoms with E-state index >= 15 is 0 Å². The van der Waals surface area contributed by atoms with Crippen LogP contribution in [-0.2, 0) is 0 Å². The van der Waals surface area contributed by atoms with Gasteiger partial charge in [0.25, 0.3) is 0 Å². The second kappa shape index (κ2) is 10.6. The van der Waals surface area contributed by atoms with E-state index in [4.69, 9.17) is 16.0 Å². The molecule has 1 aliphatic rings. The number of nitrogens with one attached hydrogen (secondary N) is 2. The Labute approximate surface area is 211 Å². The van der Waals surface area contributed by atoms with Crippen LogP contribution in [0.4, 0.5) is 5.69 Å². The van der Waals surface area contributed by atoms with Gasteiger partial charge in [-0.1, -0.05) is 55.8 Å². The minimum atomic E-state index is -0.109. The minimum absolute atomic E-state index is 0.00355. The van der Waals surface area contributed by atoms with Crippen molar-refractivity contribution >= 4 is 28.3 Å². The summed E-state index contributed by atoms with van der Waals surface area (Å²) in [6.07, 6.45) is 1.70. The van der Waals surface area contributed by atoms with Crippen LogP contribution in [-0.4, -0.2) is 18.1 Å². The van der Waals surface area contributed by atoms with Crippen molar-refractivity contribution < 1.29 is 4.42 Å². The van der Waals surface area contributed by atoms with E-state index in [1.54, 1.807) is 12.3 Å². The number of hydrogen-bond donors (Lipinski definition) is 2. The maximum absolute atomic E-state index is 13.4. The van der Waals surface area contributed by atoms with E-state index in [9.17, 15) is 4.79 Å². The van der Waals surface area contributed by atoms with Gasteiger partial charge in [0.2, 0.25) is 0 Å². The molecule has 6 heteroatoms. The predicted octanol–water partition coefficient (Wildman–Crippen LogP) is 7.01. The highest BCUT2D eigenvalue weighted by Crippen LogP contribution is 2.33. The van der Waals surface area contributed by atoms with Crippen LogP contribution in [0.2, 0.25) is 5.15 Å². The van der Waals surface area contributed by atoms with Crippen molar-refractivity contribution in [2.24, 2.45) is 0 Å². The Morgan fingerprint density at radius 1 is 1.09 bits per heavy atom. The molecule has 2 N–H and O–H groups in total. The zero-order chi connectivity index (χ0) is 25.1. The van der Waals surface area contributed by atoms with Gasteiger partial charge in [0, 0.05) is 35.7 Å². The maximum atomic E-state index is 13.4. The van der Waals surface area contributed by atoms with Gasteiger partial charge in [0.05, 0.1) is 23.3 Å². The molecule has 1 atom stereocenters. The summed E-state index contributed by atoms with van der Waals surface area (Å²) >= 11 is 5.92. The molecule has 1 saturated heterocycles. The van der Waals surface area contributed by atoms with Crippen LogP contribution in [0, 0.1) is 13.8 Å². The SMILES string of the molecule is CC.Cc1cc(C(C)Nc2ccc(Cl)nc2)c2oc(-c3ccc(C4CNC4)cc3)c(C)c(=O)c2c1. The molecule has 0 saturated carbocycles. The molecular weight excluding hydrogens is 458 g/mol. The predicted molar refractivity (Wildman–Crippen MR) is 146 cm³/mol. The summed E-state index contributed by atoms with van der Waals surface area (Å²) in [6.45, 7) is 11.9. The van der Waals surface area contributed by atoms with Gasteiger partial charge in [0.15, 0.2) is 5.43 Å². The molecule has 4 aromatic rings. The standard InChI is InChI=1S/C27H26ClN3O2.C2H6/c1-15-10-22(17(3)31-21-8-9-24(28)30-14-21)27-23(11-15)25(32)16(2)26(33-27)19-6-4-18(5-7-19)20-12-29-13-20;1-2/h4-11,14,17,20,29,31H,12-13H2,1-3H3;1-2H3. The van der Waals surface area contributed by atoms with Crippen molar-refractivity contribution in [3.05, 3.63) is 92.4 Å². The third-order valence-electron chi connectivity index (χ3n) is 6.39. The van der Waals surface area contributed by atoms with E-state index < -0.39 is 0 Å². The highest BCUT2D eigenvalue weighted by atomic mass is 35.5. The van der Waals surface area contributed by atoms with Gasteiger partial charge in [-0.05, 0) is 50.1 Å². The summed E-state index contributed by atoms with van der Waals surface area (Å²) in [5.74, 6) is 1.18. The molecule has 2 aromatic heterocycles. The fourth-order valence-corrected chi connectivity index (χ4v) is 4.50. The first-order chi connectivity index (χ1) is 16.9. The number of pyridine rings is 1. The van der Waals surface area contributed by atoms with Crippen molar-refractivity contribution in [2.75, 3.05) is 18.4 Å². The van der Waals surface area contributed by atoms with Gasteiger partial charge in [-0.25, -0.2) is 4.98 Å². The molecule has 0 aliphatic carbocycles. The van der Waals surface area contributed by atoms with Crippen LogP contribution in [0.1, 0.15) is 55.0 Å². The summed E-state index contributed by atoms with van der Waals surface area (Å²) in [6, 6.07) is 15.9. The monoisotopic (exact) mass is 489 g/mol. The average Bonchev–Trinajstić information content (AvgIpc) is 2.83. The minimum Gasteiger partial charge on any atom is -0.455 e. The molecular formula is C29H32ClN3O2. The number of rotatable bonds is 5. The first-order valence-electron chi connectivity index (χ1n) is 12.2. The number of aryl methyl sites for hydroxylation is 1. The molecule has 35 heavy (non-hydrogen) atoms. The van der Waals surface area contributed by atoms with E-state index in [2.05, 4.69) is 45.9 Å². The molecule has 1 unspecified atom stereocenters. The van der Waals surface area contributed by atoms with Crippen LogP contribution in [0.3, 0.4) is 0 Å². The normalized spacial score (nSPS) is 14.1. The quantitative estimate of drug-likeness (QED) is 0.295. The molecule has 182 valence electrons. The summed E-state index contributed by atoms with van der Waals surface area (Å²) in [7, 11) is 0. The number of benzene rings is 2. The molecule has 2 aromatic carbocycles. The Morgan fingerprint density at radius 2 is 1.80 bits per heavy atom. The van der Waals surface area contributed by atoms with Crippen LogP contribution in [0.5, 0.6) is 0 Å². The van der Waals surface area contributed by atoms with Gasteiger partial charge >= 0.3 is 0 Å². The van der Waals surface area contributed by atoms with Crippen molar-refractivity contribution in [2.45, 2.75) is 46.6 Å². The zero-order valence-electron chi connectivity index (χ0n) is 20.9. The van der Waals surface area contributed by atoms with E-state index in [0.29, 0.717) is 33.4 Å². The Morgan fingerprint density at radius 3 is 2.40 bits per heavy atom. The molecule has 0 radical (unpaired) electrons. The number of aromatic nitrogens is 1. The van der Waals surface area contributed by atoms with Crippen LogP contribution < -0.4 is 16.1 Å². The molecule has 0 bridgehead atoms. The number of halogens is 1. The summed E-state index contributed by atoms with van der Waals surface area (Å²) in [5.41, 5.74) is 6.25. The van der Waals surface area contributed by atoms with Crippen LogP contribution >= 0.6 is 11.6 Å². The lowest BCUT2D eigenvalue weighted by atomic mass is 9.92. The van der Waals surface area contributed by atoms with E-state index in [-0.39, 0.29) is 11.5 Å². The van der Waals surface area contributed by atoms with Crippen molar-refractivity contribution in [1.82, 2.24) is 10.3 Å². The fourth-order valence-electron chi connectivity index (χ4n) is 4.38. The first kappa shape index (κ1) is 25.0. The third kappa shape index (κ3) is 5.12. The Bertz CT molecular complexity index is 1370. The van der Waals surface area contributed by atoms with Gasteiger partial charge in [-0.3, -0.25) is 4.79 Å². The molecule has 3 heterocycles. The Kier molecular flexibility index (Phi) is 7.58. The van der Waals surface area contributed by atoms with Crippen molar-refractivity contribution in [3.63, 3.8) is 0 Å². The van der Waals surface area contributed by atoms with Crippen molar-refractivity contribution in [3.8, 4) is 11.3 Å². The summed E-state index contributed by atoms with van der Waals surface area (Å²) in [4.78, 5) is 17.5. The number of anilines is 1. The van der Waals surface area contributed by atoms with E-state index in [1.165, 1.54) is 5.56 Å². The van der Waals surface area contributed by atoms with Gasteiger partial charge in [-0.15, -0.1) is 0 Å². The lowest BCUT2D eigenvalue weighted by Crippen LogP contribution is -2.39. The lowest BCUT2D eigenvalue weighted by Gasteiger charge is -2.27. The third-order valence-corrected chi connectivity index (χ3v) is 6.62. The first-order valence-corrected chi connectivity index (χ1v) is 12.6. The molecule has 1 fully saturated rings. The summed E-state index contributed by atoms with van der Waals surface area (Å²) < 4.78 is 6.48. The largest absolute Gasteiger partial charge is 0.455 e. The zero-order valence-corrected chi connectivity index (χ0v) is 21.7. The number of nitrogens with zero attached hydrogens (tertiary/aromatic N) is 1. The number of hydrogen-bond acceptors (Lipinski definition) is 5. The highest BCUT2D eigenvalue weighted by Gasteiger charge is 2.21. The van der Waals surface area contributed by atoms with E-state index in [1.807, 2.05) is 46.8 Å². The highest BCUT2D eigenvalue weighted by molar-refractivity contribution is 6.29. The second-order valence-corrected chi connectivity index (χ2v) is 9.22. The molecule has 5 nitrogen and oxygen atoms in total. The van der Waals surface area contributed by atoms with Crippen LogP contribution in [0.15, 0.2) is 63.9 Å². The molecule has 1 aliphatic heterocycles. The Hall–Kier alpha value is -3.15. The topological polar surface area (TPSA) is 67.2 Å². The smallest absolute Gasteiger partial charge is 0.196 e. The van der Waals surface area contributed by atoms with Gasteiger partial charge in [-0.2, -0.15) is 0 Å². The van der Waals surface area contributed by atoms with Crippen LogP contribution in [0.25, 0.3) is 22.3 Å². The maximum Gasteiger partial charge on any atom is 0.196 e. The Balaban J connectivity index is 0.00000141. The number of fused-ring (bicyclic) bond motifs is 1. The van der Waals surface area contributed by atoms with Crippen molar-refractivity contribution in [1.29, 1.82) is 0 Å². The summed E-state index contributed by atoms with van der Waals surface area (Å²) in [5, 5.41) is 7.80. The van der Waals surface area contributed by atoms with Gasteiger partial charge in [0.1, 0.15) is 16.5 Å². The fraction of sp³-hybridized carbons (Fsp3) is 0.310. The van der Waals surface area contributed by atoms with E-state index in [0.717, 1.165) is 35.5 Å². The molecule has 0 spiro atoms. The molecule has 0 amide bonds. The van der Waals surface area contributed by atoms with Gasteiger partial charge < -0.3 is 15.1 Å². The molecule has 5 rings (SSSR count). The lowest BCUT2D eigenvalue weighted by molar-refractivity contribution is 0.448. The average molecular weight is 490 g/mol.